The number of hydrogen-bond donors (Lipinski definition) is 1. The SMILES string of the molecule is O=C(c1ccccc1)N1Cc2ccccc2[C@@H]2OC(c3ccc(OCCCO)cc3)=N[C@]2(Cc2ccc(Br)cc2)C1=O. The smallest absolute Gasteiger partial charge is 0.262 e. The van der Waals surface area contributed by atoms with Crippen LogP contribution in [0.2, 0.25) is 0 Å². The molecule has 0 spiro atoms. The van der Waals surface area contributed by atoms with E-state index in [0.717, 1.165) is 21.2 Å². The Bertz CT molecular complexity index is 1620. The number of benzene rings is 4. The maximum absolute atomic E-state index is 14.7. The molecule has 0 saturated heterocycles. The molecule has 8 heteroatoms. The van der Waals surface area contributed by atoms with Gasteiger partial charge in [-0.25, -0.2) is 4.99 Å². The Morgan fingerprint density at radius 3 is 2.43 bits per heavy atom. The van der Waals surface area contributed by atoms with Crippen LogP contribution in [0.4, 0.5) is 0 Å². The zero-order valence-electron chi connectivity index (χ0n) is 22.8. The first-order valence-corrected chi connectivity index (χ1v) is 14.6. The lowest BCUT2D eigenvalue weighted by molar-refractivity contribution is -0.136. The second-order valence-electron chi connectivity index (χ2n) is 10.4. The monoisotopic (exact) mass is 624 g/mol. The fourth-order valence-electron chi connectivity index (χ4n) is 5.47. The summed E-state index contributed by atoms with van der Waals surface area (Å²) in [5.41, 5.74) is 2.26. The van der Waals surface area contributed by atoms with Gasteiger partial charge in [-0.05, 0) is 59.7 Å². The van der Waals surface area contributed by atoms with Gasteiger partial charge in [-0.2, -0.15) is 0 Å². The lowest BCUT2D eigenvalue weighted by Gasteiger charge is -2.31. The summed E-state index contributed by atoms with van der Waals surface area (Å²) in [6, 6.07) is 31.6. The predicted molar refractivity (Wildman–Crippen MR) is 162 cm³/mol. The number of carbonyl (C=O) groups excluding carboxylic acids is 2. The van der Waals surface area contributed by atoms with Crippen molar-refractivity contribution in [1.82, 2.24) is 4.90 Å². The van der Waals surface area contributed by atoms with Crippen LogP contribution in [0, 0.1) is 0 Å². The number of hydrogen-bond acceptors (Lipinski definition) is 6. The lowest BCUT2D eigenvalue weighted by Crippen LogP contribution is -2.51. The predicted octanol–water partition coefficient (Wildman–Crippen LogP) is 5.89. The summed E-state index contributed by atoms with van der Waals surface area (Å²) in [6.45, 7) is 0.585. The number of carbonyl (C=O) groups is 2. The molecular formula is C34H29BrN2O5. The van der Waals surface area contributed by atoms with Gasteiger partial charge in [0.25, 0.3) is 11.8 Å². The number of nitrogens with zero attached hydrogens (tertiary/aromatic N) is 2. The van der Waals surface area contributed by atoms with Gasteiger partial charge in [-0.3, -0.25) is 14.5 Å². The van der Waals surface area contributed by atoms with Crippen LogP contribution in [-0.4, -0.2) is 46.5 Å². The molecule has 6 rings (SSSR count). The molecule has 0 fully saturated rings. The number of rotatable bonds is 8. The van der Waals surface area contributed by atoms with Crippen molar-refractivity contribution in [1.29, 1.82) is 0 Å². The van der Waals surface area contributed by atoms with Crippen molar-refractivity contribution in [3.05, 3.63) is 135 Å². The summed E-state index contributed by atoms with van der Waals surface area (Å²) >= 11 is 3.50. The standard InChI is InChI=1S/C34H29BrN2O5/c35-27-15-11-23(12-16-27)21-34-30(42-31(36-34)24-13-17-28(18-14-24)41-20-6-19-38)29-10-5-4-9-26(29)22-37(33(34)40)32(39)25-7-2-1-3-8-25/h1-5,7-18,30,38H,6,19-22H2/t30-,34-/m0/s1. The van der Waals surface area contributed by atoms with E-state index in [9.17, 15) is 9.59 Å². The van der Waals surface area contributed by atoms with Gasteiger partial charge in [-0.15, -0.1) is 0 Å². The van der Waals surface area contributed by atoms with Crippen LogP contribution >= 0.6 is 15.9 Å². The average molecular weight is 626 g/mol. The highest BCUT2D eigenvalue weighted by Crippen LogP contribution is 2.47. The number of ether oxygens (including phenoxy) is 2. The van der Waals surface area contributed by atoms with Crippen LogP contribution in [0.1, 0.15) is 45.1 Å². The summed E-state index contributed by atoms with van der Waals surface area (Å²) in [4.78, 5) is 35.0. The Labute approximate surface area is 252 Å². The van der Waals surface area contributed by atoms with Crippen molar-refractivity contribution in [2.45, 2.75) is 31.0 Å². The third-order valence-corrected chi connectivity index (χ3v) is 8.10. The van der Waals surface area contributed by atoms with E-state index in [1.807, 2.05) is 78.9 Å². The highest BCUT2D eigenvalue weighted by atomic mass is 79.9. The van der Waals surface area contributed by atoms with E-state index in [4.69, 9.17) is 19.6 Å². The molecule has 2 atom stereocenters. The van der Waals surface area contributed by atoms with Crippen molar-refractivity contribution in [3.63, 3.8) is 0 Å². The molecule has 212 valence electrons. The Hall–Kier alpha value is -4.27. The molecule has 42 heavy (non-hydrogen) atoms. The van der Waals surface area contributed by atoms with E-state index < -0.39 is 17.6 Å². The summed E-state index contributed by atoms with van der Waals surface area (Å²) in [5.74, 6) is 0.209. The number of imide groups is 1. The third kappa shape index (κ3) is 5.35. The number of aliphatic imine (C=N–C) groups is 1. The minimum absolute atomic E-state index is 0.0594. The molecule has 4 aromatic carbocycles. The minimum atomic E-state index is -1.42. The maximum Gasteiger partial charge on any atom is 0.262 e. The topological polar surface area (TPSA) is 88.4 Å². The first-order chi connectivity index (χ1) is 20.5. The van der Waals surface area contributed by atoms with Crippen molar-refractivity contribution in [3.8, 4) is 5.75 Å². The molecule has 0 saturated carbocycles. The summed E-state index contributed by atoms with van der Waals surface area (Å²) < 4.78 is 13.2. The zero-order valence-corrected chi connectivity index (χ0v) is 24.4. The fraction of sp³-hybridized carbons (Fsp3) is 0.206. The number of aliphatic hydroxyl groups excluding tert-OH is 1. The average Bonchev–Trinajstić information content (AvgIpc) is 3.37. The molecule has 0 radical (unpaired) electrons. The summed E-state index contributed by atoms with van der Waals surface area (Å²) in [5, 5.41) is 9.04. The highest BCUT2D eigenvalue weighted by molar-refractivity contribution is 9.10. The molecule has 4 aromatic rings. The first kappa shape index (κ1) is 27.9. The largest absolute Gasteiger partial charge is 0.494 e. The Morgan fingerprint density at radius 1 is 0.976 bits per heavy atom. The first-order valence-electron chi connectivity index (χ1n) is 13.8. The summed E-state index contributed by atoms with van der Waals surface area (Å²) in [7, 11) is 0. The minimum Gasteiger partial charge on any atom is -0.494 e. The van der Waals surface area contributed by atoms with Crippen molar-refractivity contribution < 1.29 is 24.2 Å². The van der Waals surface area contributed by atoms with E-state index in [1.165, 1.54) is 4.90 Å². The van der Waals surface area contributed by atoms with E-state index in [1.54, 1.807) is 24.3 Å². The van der Waals surface area contributed by atoms with Crippen LogP contribution in [0.5, 0.6) is 5.75 Å². The second kappa shape index (κ2) is 11.9. The van der Waals surface area contributed by atoms with Gasteiger partial charge in [0.05, 0.1) is 13.2 Å². The molecule has 0 aromatic heterocycles. The van der Waals surface area contributed by atoms with Crippen molar-refractivity contribution in [2.24, 2.45) is 4.99 Å². The van der Waals surface area contributed by atoms with Gasteiger partial charge in [0.1, 0.15) is 5.75 Å². The molecule has 7 nitrogen and oxygen atoms in total. The van der Waals surface area contributed by atoms with Gasteiger partial charge < -0.3 is 14.6 Å². The Morgan fingerprint density at radius 2 is 1.69 bits per heavy atom. The molecular weight excluding hydrogens is 596 g/mol. The van der Waals surface area contributed by atoms with Crippen LogP contribution in [0.3, 0.4) is 0 Å². The molecule has 2 aliphatic heterocycles. The molecule has 2 heterocycles. The highest BCUT2D eigenvalue weighted by Gasteiger charge is 2.57. The van der Waals surface area contributed by atoms with Gasteiger partial charge in [0, 0.05) is 40.6 Å². The summed E-state index contributed by atoms with van der Waals surface area (Å²) in [6.07, 6.45) is 0.0361. The molecule has 0 aliphatic carbocycles. The molecule has 0 bridgehead atoms. The van der Waals surface area contributed by atoms with Gasteiger partial charge in [-0.1, -0.05) is 70.5 Å². The number of fused-ring (bicyclic) bond motifs is 3. The fourth-order valence-corrected chi connectivity index (χ4v) is 5.73. The van der Waals surface area contributed by atoms with Gasteiger partial charge in [0.2, 0.25) is 5.90 Å². The number of aliphatic hydroxyl groups is 1. The van der Waals surface area contributed by atoms with Crippen molar-refractivity contribution in [2.75, 3.05) is 13.2 Å². The number of amides is 2. The molecule has 1 N–H and O–H groups in total. The molecule has 2 amide bonds. The van der Waals surface area contributed by atoms with E-state index in [-0.39, 0.29) is 25.5 Å². The molecule has 2 aliphatic rings. The quantitative estimate of drug-likeness (QED) is 0.195. The Kier molecular flexibility index (Phi) is 7.91. The van der Waals surface area contributed by atoms with Crippen LogP contribution in [0.25, 0.3) is 0 Å². The van der Waals surface area contributed by atoms with Gasteiger partial charge >= 0.3 is 0 Å². The van der Waals surface area contributed by atoms with Crippen LogP contribution in [0.15, 0.2) is 113 Å². The lowest BCUT2D eigenvalue weighted by atomic mass is 9.81. The maximum atomic E-state index is 14.7. The van der Waals surface area contributed by atoms with E-state index in [0.29, 0.717) is 35.8 Å². The van der Waals surface area contributed by atoms with Crippen LogP contribution < -0.4 is 4.74 Å². The van der Waals surface area contributed by atoms with Crippen molar-refractivity contribution >= 4 is 33.6 Å². The second-order valence-corrected chi connectivity index (χ2v) is 11.3. The van der Waals surface area contributed by atoms with E-state index >= 15 is 0 Å². The van der Waals surface area contributed by atoms with Crippen LogP contribution in [-0.2, 0) is 22.5 Å². The zero-order chi connectivity index (χ0) is 29.1. The normalized spacial score (nSPS) is 19.3. The molecule has 0 unspecified atom stereocenters. The third-order valence-electron chi connectivity index (χ3n) is 7.57. The number of halogens is 1. The Balaban J connectivity index is 1.47. The van der Waals surface area contributed by atoms with Gasteiger partial charge in [0.15, 0.2) is 11.6 Å². The van der Waals surface area contributed by atoms with E-state index in [2.05, 4.69) is 15.9 Å².